The first-order valence-corrected chi connectivity index (χ1v) is 7.32. The van der Waals surface area contributed by atoms with E-state index >= 15 is 0 Å². The molecule has 0 atom stereocenters. The van der Waals surface area contributed by atoms with E-state index in [4.69, 9.17) is 18.0 Å². The lowest BCUT2D eigenvalue weighted by atomic mass is 10.1. The summed E-state index contributed by atoms with van der Waals surface area (Å²) >= 11 is 4.95. The summed E-state index contributed by atoms with van der Waals surface area (Å²) in [6.45, 7) is 0. The summed E-state index contributed by atoms with van der Waals surface area (Å²) in [5, 5.41) is 2.96. The molecule has 0 aliphatic heterocycles. The Labute approximate surface area is 129 Å². The number of carbonyl (C=O) groups is 1. The van der Waals surface area contributed by atoms with Crippen LogP contribution in [0.3, 0.4) is 0 Å². The number of benzene rings is 2. The van der Waals surface area contributed by atoms with E-state index in [0.717, 1.165) is 24.1 Å². The molecule has 3 N–H and O–H groups in total. The zero-order valence-electron chi connectivity index (χ0n) is 11.5. The predicted molar refractivity (Wildman–Crippen MR) is 88.3 cm³/mol. The van der Waals surface area contributed by atoms with Crippen molar-refractivity contribution in [2.75, 3.05) is 5.32 Å². The van der Waals surface area contributed by atoms with Gasteiger partial charge in [-0.05, 0) is 36.1 Å². The number of thiocarbonyl (C=S) groups is 1. The van der Waals surface area contributed by atoms with Gasteiger partial charge in [0, 0.05) is 17.2 Å². The molecule has 1 aliphatic carbocycles. The molecule has 21 heavy (non-hydrogen) atoms. The van der Waals surface area contributed by atoms with Crippen LogP contribution >= 0.6 is 12.2 Å². The van der Waals surface area contributed by atoms with E-state index in [1.165, 1.54) is 11.1 Å². The maximum atomic E-state index is 12.4. The van der Waals surface area contributed by atoms with Crippen molar-refractivity contribution in [3.05, 3.63) is 65.2 Å². The third-order valence-electron chi connectivity index (χ3n) is 3.84. The maximum Gasteiger partial charge on any atom is 0.228 e. The topological polar surface area (TPSA) is 55.1 Å². The van der Waals surface area contributed by atoms with Crippen molar-refractivity contribution in [3.63, 3.8) is 0 Å². The summed E-state index contributed by atoms with van der Waals surface area (Å²) in [5.74, 6) is 0.0437. The van der Waals surface area contributed by atoms with Crippen molar-refractivity contribution in [1.29, 1.82) is 0 Å². The van der Waals surface area contributed by atoms with Gasteiger partial charge in [-0.25, -0.2) is 0 Å². The van der Waals surface area contributed by atoms with E-state index in [1.54, 1.807) is 0 Å². The highest BCUT2D eigenvalue weighted by atomic mass is 32.1. The van der Waals surface area contributed by atoms with Gasteiger partial charge in [0.15, 0.2) is 0 Å². The molecule has 0 heterocycles. The first-order chi connectivity index (χ1) is 10.1. The van der Waals surface area contributed by atoms with Crippen LogP contribution < -0.4 is 11.1 Å². The number of rotatable bonds is 3. The average Bonchev–Trinajstić information content (AvgIpc) is 2.91. The largest absolute Gasteiger partial charge is 0.389 e. The van der Waals surface area contributed by atoms with Crippen LogP contribution in [0.5, 0.6) is 0 Å². The molecular formula is C17H16N2OS. The van der Waals surface area contributed by atoms with Crippen LogP contribution in [0.15, 0.2) is 48.5 Å². The summed E-state index contributed by atoms with van der Waals surface area (Å²) in [4.78, 5) is 12.7. The Hall–Kier alpha value is -2.20. The normalized spacial score (nSPS) is 13.7. The Morgan fingerprint density at radius 3 is 2.38 bits per heavy atom. The Balaban J connectivity index is 1.71. The van der Waals surface area contributed by atoms with Crippen molar-refractivity contribution in [3.8, 4) is 0 Å². The number of hydrogen-bond donors (Lipinski definition) is 2. The average molecular weight is 296 g/mol. The Morgan fingerprint density at radius 2 is 1.76 bits per heavy atom. The van der Waals surface area contributed by atoms with Crippen molar-refractivity contribution < 1.29 is 4.79 Å². The molecule has 0 bridgehead atoms. The molecule has 1 aliphatic rings. The second kappa shape index (κ2) is 5.66. The van der Waals surface area contributed by atoms with Crippen molar-refractivity contribution in [1.82, 2.24) is 0 Å². The van der Waals surface area contributed by atoms with Gasteiger partial charge in [-0.3, -0.25) is 4.79 Å². The highest BCUT2D eigenvalue weighted by Crippen LogP contribution is 2.27. The molecule has 3 nitrogen and oxygen atoms in total. The van der Waals surface area contributed by atoms with Gasteiger partial charge in [0.2, 0.25) is 5.91 Å². The highest BCUT2D eigenvalue weighted by Gasteiger charge is 2.26. The molecule has 0 saturated carbocycles. The molecular weight excluding hydrogens is 280 g/mol. The van der Waals surface area contributed by atoms with Gasteiger partial charge in [-0.2, -0.15) is 0 Å². The first kappa shape index (κ1) is 13.8. The second-order valence-corrected chi connectivity index (χ2v) is 5.75. The minimum atomic E-state index is -0.00381. The van der Waals surface area contributed by atoms with Crippen LogP contribution in [-0.2, 0) is 17.6 Å². The lowest BCUT2D eigenvalue weighted by Crippen LogP contribution is -2.23. The van der Waals surface area contributed by atoms with Crippen LogP contribution in [0.4, 0.5) is 5.69 Å². The van der Waals surface area contributed by atoms with Crippen molar-refractivity contribution in [2.24, 2.45) is 11.7 Å². The molecule has 0 saturated heterocycles. The number of nitrogens with one attached hydrogen (secondary N) is 1. The fraction of sp³-hybridized carbons (Fsp3) is 0.176. The summed E-state index contributed by atoms with van der Waals surface area (Å²) in [7, 11) is 0. The predicted octanol–water partition coefficient (Wildman–Crippen LogP) is 2.67. The molecule has 106 valence electrons. The summed E-state index contributed by atoms with van der Waals surface area (Å²) < 4.78 is 0. The fourth-order valence-corrected chi connectivity index (χ4v) is 2.87. The summed E-state index contributed by atoms with van der Waals surface area (Å²) in [6.07, 6.45) is 1.61. The van der Waals surface area contributed by atoms with Crippen molar-refractivity contribution in [2.45, 2.75) is 12.8 Å². The summed E-state index contributed by atoms with van der Waals surface area (Å²) in [5.41, 5.74) is 9.66. The van der Waals surface area contributed by atoms with E-state index in [0.29, 0.717) is 4.99 Å². The molecule has 2 aromatic carbocycles. The number of nitrogens with two attached hydrogens (primary N) is 1. The minimum absolute atomic E-state index is 0.00381. The van der Waals surface area contributed by atoms with Gasteiger partial charge in [0.25, 0.3) is 0 Å². The van der Waals surface area contributed by atoms with Gasteiger partial charge >= 0.3 is 0 Å². The number of amides is 1. The molecule has 0 spiro atoms. The molecule has 2 aromatic rings. The van der Waals surface area contributed by atoms with Crippen LogP contribution in [0, 0.1) is 5.92 Å². The molecule has 3 rings (SSSR count). The van der Waals surface area contributed by atoms with E-state index < -0.39 is 0 Å². The third kappa shape index (κ3) is 2.95. The number of hydrogen-bond acceptors (Lipinski definition) is 2. The van der Waals surface area contributed by atoms with Crippen LogP contribution in [0.2, 0.25) is 0 Å². The Bertz CT molecular complexity index is 686. The van der Waals surface area contributed by atoms with Crippen LogP contribution in [-0.4, -0.2) is 10.9 Å². The zero-order valence-corrected chi connectivity index (χ0v) is 12.3. The smallest absolute Gasteiger partial charge is 0.228 e. The highest BCUT2D eigenvalue weighted by molar-refractivity contribution is 7.80. The quantitative estimate of drug-likeness (QED) is 0.856. The van der Waals surface area contributed by atoms with Crippen molar-refractivity contribution >= 4 is 28.8 Å². The van der Waals surface area contributed by atoms with E-state index in [9.17, 15) is 4.79 Å². The number of anilines is 1. The molecule has 0 fully saturated rings. The lowest BCUT2D eigenvalue weighted by Gasteiger charge is -2.11. The van der Waals surface area contributed by atoms with Gasteiger partial charge in [0.1, 0.15) is 4.99 Å². The molecule has 4 heteroatoms. The molecule has 0 unspecified atom stereocenters. The first-order valence-electron chi connectivity index (χ1n) is 6.91. The maximum absolute atomic E-state index is 12.4. The summed E-state index contributed by atoms with van der Waals surface area (Å²) in [6, 6.07) is 15.6. The fourth-order valence-electron chi connectivity index (χ4n) is 2.74. The van der Waals surface area contributed by atoms with Crippen LogP contribution in [0.1, 0.15) is 16.7 Å². The van der Waals surface area contributed by atoms with E-state index in [-0.39, 0.29) is 11.8 Å². The van der Waals surface area contributed by atoms with E-state index in [1.807, 2.05) is 36.4 Å². The molecule has 1 amide bonds. The van der Waals surface area contributed by atoms with Gasteiger partial charge in [-0.1, -0.05) is 48.6 Å². The van der Waals surface area contributed by atoms with Gasteiger partial charge in [-0.15, -0.1) is 0 Å². The molecule has 0 aromatic heterocycles. The Kier molecular flexibility index (Phi) is 3.71. The SMILES string of the molecule is NC(=S)c1cccc(NC(=O)C2Cc3ccccc3C2)c1. The van der Waals surface area contributed by atoms with E-state index in [2.05, 4.69) is 17.4 Å². The zero-order chi connectivity index (χ0) is 14.8. The standard InChI is InChI=1S/C17H16N2OS/c18-16(21)13-6-3-7-15(10-13)19-17(20)14-8-11-4-1-2-5-12(11)9-14/h1-7,10,14H,8-9H2,(H2,18,21)(H,19,20). The Morgan fingerprint density at radius 1 is 1.10 bits per heavy atom. The third-order valence-corrected chi connectivity index (χ3v) is 4.07. The number of fused-ring (bicyclic) bond motifs is 1. The van der Waals surface area contributed by atoms with Gasteiger partial charge in [0.05, 0.1) is 0 Å². The number of carbonyl (C=O) groups excluding carboxylic acids is 1. The minimum Gasteiger partial charge on any atom is -0.389 e. The lowest BCUT2D eigenvalue weighted by molar-refractivity contribution is -0.119. The molecule has 0 radical (unpaired) electrons. The van der Waals surface area contributed by atoms with Gasteiger partial charge < -0.3 is 11.1 Å². The monoisotopic (exact) mass is 296 g/mol. The van der Waals surface area contributed by atoms with Crippen LogP contribution in [0.25, 0.3) is 0 Å². The second-order valence-electron chi connectivity index (χ2n) is 5.31.